The molecule has 0 radical (unpaired) electrons. The smallest absolute Gasteiger partial charge is 0.329 e. The predicted octanol–water partition coefficient (Wildman–Crippen LogP) is 3.33. The van der Waals surface area contributed by atoms with E-state index in [0.29, 0.717) is 5.56 Å². The minimum atomic E-state index is -0.504. The number of para-hydroxylation sites is 1. The third-order valence-electron chi connectivity index (χ3n) is 4.13. The van der Waals surface area contributed by atoms with Crippen molar-refractivity contribution in [1.29, 1.82) is 0 Å². The fraction of sp³-hybridized carbons (Fsp3) is 0.0526. The Bertz CT molecular complexity index is 1080. The van der Waals surface area contributed by atoms with Crippen LogP contribution >= 0.6 is 0 Å². The van der Waals surface area contributed by atoms with Gasteiger partial charge in [-0.15, -0.1) is 0 Å². The van der Waals surface area contributed by atoms with Crippen molar-refractivity contribution in [1.82, 2.24) is 9.55 Å². The van der Waals surface area contributed by atoms with E-state index in [0.717, 1.165) is 21.4 Å². The van der Waals surface area contributed by atoms with E-state index in [1.165, 1.54) is 6.07 Å². The fourth-order valence-electron chi connectivity index (χ4n) is 2.83. The van der Waals surface area contributed by atoms with E-state index in [2.05, 4.69) is 9.98 Å². The summed E-state index contributed by atoms with van der Waals surface area (Å²) in [6, 6.07) is 13.7. The Labute approximate surface area is 142 Å². The largest absolute Gasteiger partial charge is 0.493 e. The highest BCUT2D eigenvalue weighted by atomic mass is 19.1. The number of aromatic nitrogens is 2. The van der Waals surface area contributed by atoms with Crippen LogP contribution < -0.4 is 5.69 Å². The average Bonchev–Trinajstić information content (AvgIpc) is 3.13. The van der Waals surface area contributed by atoms with Gasteiger partial charge in [-0.25, -0.2) is 9.18 Å². The summed E-state index contributed by atoms with van der Waals surface area (Å²) in [4.78, 5) is 19.1. The summed E-state index contributed by atoms with van der Waals surface area (Å²) < 4.78 is 14.9. The number of hydrogen-bond donors (Lipinski definition) is 2. The molecule has 0 saturated heterocycles. The third-order valence-corrected chi connectivity index (χ3v) is 4.13. The van der Waals surface area contributed by atoms with Crippen molar-refractivity contribution in [3.8, 4) is 5.88 Å². The molecule has 5 nitrogen and oxygen atoms in total. The molecular formula is C19H14FN3O2. The lowest BCUT2D eigenvalue weighted by Gasteiger charge is -2.05. The van der Waals surface area contributed by atoms with Crippen LogP contribution in [0.3, 0.4) is 0 Å². The molecule has 0 amide bonds. The zero-order valence-corrected chi connectivity index (χ0v) is 13.1. The number of nitrogens with one attached hydrogen (secondary N) is 1. The molecule has 1 aliphatic rings. The first-order valence-corrected chi connectivity index (χ1v) is 7.74. The van der Waals surface area contributed by atoms with E-state index < -0.39 is 11.5 Å². The Morgan fingerprint density at radius 2 is 1.92 bits per heavy atom. The van der Waals surface area contributed by atoms with Gasteiger partial charge < -0.3 is 10.1 Å². The molecule has 0 saturated carbocycles. The lowest BCUT2D eigenvalue weighted by molar-refractivity contribution is 0.418. The van der Waals surface area contributed by atoms with Crippen molar-refractivity contribution in [2.24, 2.45) is 4.99 Å². The van der Waals surface area contributed by atoms with Crippen LogP contribution in [0, 0.1) is 5.82 Å². The Hall–Kier alpha value is -3.41. The first-order chi connectivity index (χ1) is 12.1. The number of rotatable bonds is 3. The molecular weight excluding hydrogens is 321 g/mol. The standard InChI is InChI=1S/C19H14FN3O2/c20-15-7-3-1-5-12(15)11-23-18(24)17(22-19(23)25)9-13-10-21-16-8-4-2-6-14(13)16/h1-10,24H,11H2,(H,22,25)/b13-9-. The number of imidazole rings is 1. The normalized spacial score (nSPS) is 14.2. The molecule has 124 valence electrons. The summed E-state index contributed by atoms with van der Waals surface area (Å²) in [7, 11) is 0. The van der Waals surface area contributed by atoms with E-state index >= 15 is 0 Å². The Morgan fingerprint density at radius 1 is 1.16 bits per heavy atom. The topological polar surface area (TPSA) is 70.4 Å². The number of aliphatic imine (C=N–C) groups is 1. The van der Waals surface area contributed by atoms with Gasteiger partial charge in [0.2, 0.25) is 5.88 Å². The lowest BCUT2D eigenvalue weighted by Crippen LogP contribution is -2.17. The van der Waals surface area contributed by atoms with Gasteiger partial charge in [0.05, 0.1) is 12.2 Å². The first-order valence-electron chi connectivity index (χ1n) is 7.74. The van der Waals surface area contributed by atoms with Crippen molar-refractivity contribution >= 4 is 23.6 Å². The second-order valence-electron chi connectivity index (χ2n) is 5.72. The van der Waals surface area contributed by atoms with Gasteiger partial charge in [0.1, 0.15) is 11.5 Å². The van der Waals surface area contributed by atoms with Crippen LogP contribution in [0.4, 0.5) is 10.1 Å². The van der Waals surface area contributed by atoms with Crippen LogP contribution in [0.15, 0.2) is 58.3 Å². The lowest BCUT2D eigenvalue weighted by atomic mass is 10.1. The number of H-pyrrole nitrogens is 1. The molecule has 0 unspecified atom stereocenters. The van der Waals surface area contributed by atoms with Gasteiger partial charge in [-0.05, 0) is 18.2 Å². The van der Waals surface area contributed by atoms with E-state index in [4.69, 9.17) is 0 Å². The molecule has 0 bridgehead atoms. The molecule has 25 heavy (non-hydrogen) atoms. The van der Waals surface area contributed by atoms with Gasteiger partial charge in [-0.2, -0.15) is 0 Å². The Morgan fingerprint density at radius 3 is 2.76 bits per heavy atom. The second kappa shape index (κ2) is 5.90. The van der Waals surface area contributed by atoms with Crippen LogP contribution in [0.2, 0.25) is 0 Å². The van der Waals surface area contributed by atoms with Gasteiger partial charge in [0, 0.05) is 22.9 Å². The molecule has 0 spiro atoms. The molecule has 1 aromatic heterocycles. The number of halogens is 1. The highest BCUT2D eigenvalue weighted by molar-refractivity contribution is 6.21. The summed E-state index contributed by atoms with van der Waals surface area (Å²) in [5.74, 6) is -0.662. The number of aromatic hydroxyl groups is 1. The fourth-order valence-corrected chi connectivity index (χ4v) is 2.83. The number of fused-ring (bicyclic) bond motifs is 1. The molecule has 0 fully saturated rings. The van der Waals surface area contributed by atoms with Gasteiger partial charge in [-0.3, -0.25) is 9.56 Å². The summed E-state index contributed by atoms with van der Waals surface area (Å²) in [5.41, 5.74) is 2.62. The molecule has 6 heteroatoms. The van der Waals surface area contributed by atoms with Gasteiger partial charge in [-0.1, -0.05) is 36.4 Å². The minimum absolute atomic E-state index is 0.0539. The van der Waals surface area contributed by atoms with Gasteiger partial charge in [0.25, 0.3) is 0 Å². The van der Waals surface area contributed by atoms with Crippen LogP contribution in [0.1, 0.15) is 16.8 Å². The molecule has 4 rings (SSSR count). The molecule has 2 aromatic carbocycles. The molecule has 2 heterocycles. The maximum absolute atomic E-state index is 13.8. The van der Waals surface area contributed by atoms with Crippen LogP contribution in [-0.4, -0.2) is 20.9 Å². The summed E-state index contributed by atoms with van der Waals surface area (Å²) in [5, 5.41) is 10.4. The zero-order valence-electron chi connectivity index (χ0n) is 13.1. The quantitative estimate of drug-likeness (QED) is 0.771. The minimum Gasteiger partial charge on any atom is -0.493 e. The molecule has 0 atom stereocenters. The first kappa shape index (κ1) is 15.1. The van der Waals surface area contributed by atoms with Crippen molar-refractivity contribution in [3.05, 3.63) is 81.7 Å². The highest BCUT2D eigenvalue weighted by Crippen LogP contribution is 2.32. The number of hydrogen-bond acceptors (Lipinski definition) is 3. The molecule has 1 aliphatic heterocycles. The molecule has 0 aliphatic carbocycles. The van der Waals surface area contributed by atoms with Crippen LogP contribution in [0.25, 0.3) is 11.6 Å². The number of aromatic amines is 1. The maximum atomic E-state index is 13.8. The SMILES string of the molecule is O=c1[nH]c(/C=C2/C=Nc3ccccc32)c(O)n1Cc1ccccc1F. The van der Waals surface area contributed by atoms with Crippen molar-refractivity contribution in [3.63, 3.8) is 0 Å². The van der Waals surface area contributed by atoms with E-state index in [1.54, 1.807) is 30.5 Å². The van der Waals surface area contributed by atoms with Crippen LogP contribution in [-0.2, 0) is 6.54 Å². The average molecular weight is 335 g/mol. The van der Waals surface area contributed by atoms with Gasteiger partial charge in [0.15, 0.2) is 0 Å². The van der Waals surface area contributed by atoms with Crippen molar-refractivity contribution in [2.45, 2.75) is 6.54 Å². The van der Waals surface area contributed by atoms with Gasteiger partial charge >= 0.3 is 5.69 Å². The summed E-state index contributed by atoms with van der Waals surface area (Å²) in [6.45, 7) is -0.0539. The monoisotopic (exact) mass is 335 g/mol. The maximum Gasteiger partial charge on any atom is 0.329 e. The van der Waals surface area contributed by atoms with E-state index in [9.17, 15) is 14.3 Å². The predicted molar refractivity (Wildman–Crippen MR) is 94.7 cm³/mol. The van der Waals surface area contributed by atoms with Crippen LogP contribution in [0.5, 0.6) is 5.88 Å². The van der Waals surface area contributed by atoms with E-state index in [-0.39, 0.29) is 18.1 Å². The van der Waals surface area contributed by atoms with Crippen molar-refractivity contribution in [2.75, 3.05) is 0 Å². The second-order valence-corrected chi connectivity index (χ2v) is 5.72. The van der Waals surface area contributed by atoms with Crippen molar-refractivity contribution < 1.29 is 9.50 Å². The van der Waals surface area contributed by atoms with E-state index in [1.807, 2.05) is 24.3 Å². The Balaban J connectivity index is 1.72. The number of benzene rings is 2. The Kier molecular flexibility index (Phi) is 3.57. The number of nitrogens with zero attached hydrogens (tertiary/aromatic N) is 2. The summed E-state index contributed by atoms with van der Waals surface area (Å²) >= 11 is 0. The highest BCUT2D eigenvalue weighted by Gasteiger charge is 2.16. The third kappa shape index (κ3) is 2.67. The summed E-state index contributed by atoms with van der Waals surface area (Å²) in [6.07, 6.45) is 3.33. The molecule has 3 aromatic rings. The molecule has 2 N–H and O–H groups in total. The zero-order chi connectivity index (χ0) is 17.4. The number of allylic oxidation sites excluding steroid dienone is 1.